The first kappa shape index (κ1) is 15.3. The Morgan fingerprint density at radius 1 is 1.26 bits per heavy atom. The number of methoxy groups -OCH3 is 1. The standard InChI is InChI=1S/C12H17NO5S/c1-8(2)18-10-6-5-9(7-11(10)17-3)12(14)13-19(4,15)16/h5-8H,1-4H3,(H,13,14). The van der Waals surface area contributed by atoms with Crippen LogP contribution in [0.2, 0.25) is 0 Å². The Kier molecular flexibility index (Phi) is 4.77. The molecule has 0 fully saturated rings. The zero-order valence-corrected chi connectivity index (χ0v) is 12.1. The van der Waals surface area contributed by atoms with Gasteiger partial charge in [0.05, 0.1) is 19.5 Å². The van der Waals surface area contributed by atoms with Crippen molar-refractivity contribution in [2.75, 3.05) is 13.4 Å². The first-order chi connectivity index (χ1) is 8.73. The van der Waals surface area contributed by atoms with Gasteiger partial charge >= 0.3 is 0 Å². The van der Waals surface area contributed by atoms with E-state index >= 15 is 0 Å². The summed E-state index contributed by atoms with van der Waals surface area (Å²) in [4.78, 5) is 11.7. The molecule has 106 valence electrons. The molecule has 19 heavy (non-hydrogen) atoms. The van der Waals surface area contributed by atoms with Crippen molar-refractivity contribution in [3.05, 3.63) is 23.8 Å². The second kappa shape index (κ2) is 5.92. The molecule has 1 aromatic rings. The third kappa shape index (κ3) is 4.78. The highest BCUT2D eigenvalue weighted by molar-refractivity contribution is 7.89. The number of nitrogens with one attached hydrogen (secondary N) is 1. The summed E-state index contributed by atoms with van der Waals surface area (Å²) in [5, 5.41) is 0. The molecule has 6 nitrogen and oxygen atoms in total. The quantitative estimate of drug-likeness (QED) is 0.879. The average molecular weight is 287 g/mol. The molecule has 0 aliphatic heterocycles. The maximum atomic E-state index is 11.7. The number of hydrogen-bond acceptors (Lipinski definition) is 5. The van der Waals surface area contributed by atoms with Crippen molar-refractivity contribution in [2.45, 2.75) is 20.0 Å². The molecule has 1 aromatic carbocycles. The molecule has 7 heteroatoms. The minimum absolute atomic E-state index is 0.0374. The van der Waals surface area contributed by atoms with Gasteiger partial charge in [-0.05, 0) is 32.0 Å². The number of amides is 1. The van der Waals surface area contributed by atoms with Crippen LogP contribution in [0.4, 0.5) is 0 Å². The van der Waals surface area contributed by atoms with E-state index in [4.69, 9.17) is 9.47 Å². The molecule has 0 atom stereocenters. The Balaban J connectivity index is 3.03. The molecule has 1 amide bonds. The fourth-order valence-electron chi connectivity index (χ4n) is 1.39. The number of sulfonamides is 1. The summed E-state index contributed by atoms with van der Waals surface area (Å²) in [6.07, 6.45) is 0.878. The number of benzene rings is 1. The van der Waals surface area contributed by atoms with E-state index in [0.29, 0.717) is 11.5 Å². The summed E-state index contributed by atoms with van der Waals surface area (Å²) in [5.74, 6) is 0.153. The molecule has 1 N–H and O–H groups in total. The van der Waals surface area contributed by atoms with Crippen LogP contribution in [0.3, 0.4) is 0 Å². The van der Waals surface area contributed by atoms with Gasteiger partial charge in [0.25, 0.3) is 5.91 Å². The molecule has 0 heterocycles. The molecule has 1 rings (SSSR count). The molecule has 0 bridgehead atoms. The highest BCUT2D eigenvalue weighted by Gasteiger charge is 2.14. The van der Waals surface area contributed by atoms with Crippen LogP contribution >= 0.6 is 0 Å². The van der Waals surface area contributed by atoms with E-state index in [1.54, 1.807) is 6.07 Å². The van der Waals surface area contributed by atoms with E-state index in [9.17, 15) is 13.2 Å². The molecule has 0 saturated carbocycles. The third-order valence-corrected chi connectivity index (χ3v) is 2.62. The number of carbonyl (C=O) groups is 1. The van der Waals surface area contributed by atoms with Crippen molar-refractivity contribution in [2.24, 2.45) is 0 Å². The normalized spacial score (nSPS) is 11.2. The van der Waals surface area contributed by atoms with E-state index in [2.05, 4.69) is 0 Å². The highest BCUT2D eigenvalue weighted by Crippen LogP contribution is 2.28. The summed E-state index contributed by atoms with van der Waals surface area (Å²) in [7, 11) is -2.15. The largest absolute Gasteiger partial charge is 0.493 e. The van der Waals surface area contributed by atoms with Gasteiger partial charge in [-0.15, -0.1) is 0 Å². The average Bonchev–Trinajstić information content (AvgIpc) is 2.26. The first-order valence-electron chi connectivity index (χ1n) is 5.59. The Morgan fingerprint density at radius 2 is 1.89 bits per heavy atom. The molecule has 0 unspecified atom stereocenters. The predicted molar refractivity (Wildman–Crippen MR) is 71.1 cm³/mol. The van der Waals surface area contributed by atoms with Gasteiger partial charge in [-0.2, -0.15) is 0 Å². The molecule has 0 saturated heterocycles. The van der Waals surface area contributed by atoms with Crippen LogP contribution in [0, 0.1) is 0 Å². The fourth-order valence-corrected chi connectivity index (χ4v) is 1.84. The summed E-state index contributed by atoms with van der Waals surface area (Å²) in [5.41, 5.74) is 0.179. The smallest absolute Gasteiger partial charge is 0.264 e. The number of ether oxygens (including phenoxy) is 2. The van der Waals surface area contributed by atoms with Crippen molar-refractivity contribution in [1.29, 1.82) is 0 Å². The lowest BCUT2D eigenvalue weighted by molar-refractivity contribution is 0.0981. The van der Waals surface area contributed by atoms with E-state index in [0.717, 1.165) is 6.26 Å². The minimum atomic E-state index is -3.59. The molecular formula is C12H17NO5S. The summed E-state index contributed by atoms with van der Waals surface area (Å²) in [6, 6.07) is 4.47. The maximum Gasteiger partial charge on any atom is 0.264 e. The molecule has 0 aromatic heterocycles. The van der Waals surface area contributed by atoms with Crippen molar-refractivity contribution >= 4 is 15.9 Å². The van der Waals surface area contributed by atoms with E-state index in [1.807, 2.05) is 18.6 Å². The Labute approximate surface area is 112 Å². The van der Waals surface area contributed by atoms with Gasteiger partial charge in [0.15, 0.2) is 11.5 Å². The maximum absolute atomic E-state index is 11.7. The van der Waals surface area contributed by atoms with E-state index < -0.39 is 15.9 Å². The van der Waals surface area contributed by atoms with Crippen molar-refractivity contribution in [3.8, 4) is 11.5 Å². The highest BCUT2D eigenvalue weighted by atomic mass is 32.2. The van der Waals surface area contributed by atoms with Crippen LogP contribution in [0.25, 0.3) is 0 Å². The van der Waals surface area contributed by atoms with Gasteiger partial charge in [-0.3, -0.25) is 4.79 Å². The van der Waals surface area contributed by atoms with E-state index in [1.165, 1.54) is 19.2 Å². The van der Waals surface area contributed by atoms with E-state index in [-0.39, 0.29) is 11.7 Å². The minimum Gasteiger partial charge on any atom is -0.493 e. The molecule has 0 aliphatic rings. The van der Waals surface area contributed by atoms with Gasteiger partial charge in [-0.1, -0.05) is 0 Å². The molecular weight excluding hydrogens is 270 g/mol. The lowest BCUT2D eigenvalue weighted by atomic mass is 10.2. The topological polar surface area (TPSA) is 81.7 Å². The van der Waals surface area contributed by atoms with Crippen molar-refractivity contribution < 1.29 is 22.7 Å². The lowest BCUT2D eigenvalue weighted by Crippen LogP contribution is -2.29. The lowest BCUT2D eigenvalue weighted by Gasteiger charge is -2.14. The van der Waals surface area contributed by atoms with Crippen LogP contribution < -0.4 is 14.2 Å². The van der Waals surface area contributed by atoms with Gasteiger partial charge in [0.1, 0.15) is 0 Å². The zero-order chi connectivity index (χ0) is 14.6. The number of rotatable bonds is 5. The molecule has 0 spiro atoms. The Bertz CT molecular complexity index is 565. The third-order valence-electron chi connectivity index (χ3n) is 2.07. The summed E-state index contributed by atoms with van der Waals surface area (Å²) < 4.78 is 34.5. The Hall–Kier alpha value is -1.76. The van der Waals surface area contributed by atoms with Gasteiger partial charge in [0.2, 0.25) is 10.0 Å². The van der Waals surface area contributed by atoms with Crippen molar-refractivity contribution in [3.63, 3.8) is 0 Å². The van der Waals surface area contributed by atoms with Crippen LogP contribution in [-0.2, 0) is 10.0 Å². The van der Waals surface area contributed by atoms with Crippen LogP contribution in [0.1, 0.15) is 24.2 Å². The fraction of sp³-hybridized carbons (Fsp3) is 0.417. The van der Waals surface area contributed by atoms with Gasteiger partial charge < -0.3 is 9.47 Å². The summed E-state index contributed by atoms with van der Waals surface area (Å²) >= 11 is 0. The van der Waals surface area contributed by atoms with Crippen molar-refractivity contribution in [1.82, 2.24) is 4.72 Å². The van der Waals surface area contributed by atoms with Crippen LogP contribution in [0.15, 0.2) is 18.2 Å². The summed E-state index contributed by atoms with van der Waals surface area (Å²) in [6.45, 7) is 3.73. The van der Waals surface area contributed by atoms with Crippen LogP contribution in [-0.4, -0.2) is 33.8 Å². The molecule has 0 radical (unpaired) electrons. The van der Waals surface area contributed by atoms with Gasteiger partial charge in [-0.25, -0.2) is 13.1 Å². The number of hydrogen-bond donors (Lipinski definition) is 1. The monoisotopic (exact) mass is 287 g/mol. The van der Waals surface area contributed by atoms with Crippen LogP contribution in [0.5, 0.6) is 11.5 Å². The van der Waals surface area contributed by atoms with Gasteiger partial charge in [0, 0.05) is 5.56 Å². The second-order valence-electron chi connectivity index (χ2n) is 4.24. The predicted octanol–water partition coefficient (Wildman–Crippen LogP) is 1.17. The zero-order valence-electron chi connectivity index (χ0n) is 11.3. The first-order valence-corrected chi connectivity index (χ1v) is 7.49. The molecule has 0 aliphatic carbocycles. The second-order valence-corrected chi connectivity index (χ2v) is 5.98. The number of carbonyl (C=O) groups excluding carboxylic acids is 1. The Morgan fingerprint density at radius 3 is 2.37 bits per heavy atom. The SMILES string of the molecule is COc1cc(C(=O)NS(C)(=O)=O)ccc1OC(C)C.